The lowest BCUT2D eigenvalue weighted by Crippen LogP contribution is -3.02. The van der Waals surface area contributed by atoms with Crippen LogP contribution in [-0.2, 0) is 54.3 Å². The molecule has 0 bridgehead atoms. The van der Waals surface area contributed by atoms with Gasteiger partial charge in [0.2, 0.25) is 15.7 Å². The molecule has 1 aliphatic heterocycles. The molecular formula is C100H133F2N7O13S+2. The number of alkyl halides is 2. The Bertz CT molecular complexity index is 4810. The Morgan fingerprint density at radius 1 is 0.618 bits per heavy atom. The number of quaternary nitrogens is 1. The van der Waals surface area contributed by atoms with Gasteiger partial charge >= 0.3 is 5.97 Å². The van der Waals surface area contributed by atoms with Crippen LogP contribution in [0.4, 0.5) is 31.5 Å². The highest BCUT2D eigenvalue weighted by molar-refractivity contribution is 7.90. The Labute approximate surface area is 730 Å². The molecule has 8 aromatic carbocycles. The summed E-state index contributed by atoms with van der Waals surface area (Å²) in [5, 5.41) is 48.1. The number of ether oxygens (including phenoxy) is 3. The van der Waals surface area contributed by atoms with E-state index in [2.05, 4.69) is 124 Å². The van der Waals surface area contributed by atoms with Crippen LogP contribution in [0.3, 0.4) is 0 Å². The summed E-state index contributed by atoms with van der Waals surface area (Å²) in [7, 11) is -2.12. The SMILES string of the molecule is C=[N+](O)c1ccccc1CC(=O)C(C)C.CC(C)C(=O)C1CCN(c2ccccc2[NH+](O)O)CC1.CC(C)C(C)c1ccccc1.CC(C)Cc1cccc(NC(=O)c2ccccc2OCCOc2ccccc2)c1.CC(C)c1ccc(C#N)c(C(C)(F)F)c1.CC1CCC(NS(=O)(=O)CC(=O)C(C)C)CC1.COC(=O)c1cccc(CC(C)C)c1C#N. The summed E-state index contributed by atoms with van der Waals surface area (Å²) in [5.41, 5.74) is 8.96. The van der Waals surface area contributed by atoms with Crippen LogP contribution in [0.5, 0.6) is 11.5 Å². The smallest absolute Gasteiger partial charge is 0.339 e. The lowest BCUT2D eigenvalue weighted by molar-refractivity contribution is -1.19. The Morgan fingerprint density at radius 2 is 1.17 bits per heavy atom. The number of anilines is 2. The third kappa shape index (κ3) is 37.4. The van der Waals surface area contributed by atoms with E-state index in [1.807, 2.05) is 133 Å². The number of nitriles is 2. The van der Waals surface area contributed by atoms with Crippen molar-refractivity contribution in [1.29, 1.82) is 10.5 Å². The normalized spacial score (nSPS) is 14.0. The van der Waals surface area contributed by atoms with Crippen LogP contribution >= 0.6 is 0 Å². The molecular weight excluding hydrogens is 1580 g/mol. The number of hydrogen-bond donors (Lipinski definition) is 6. The molecule has 664 valence electrons. The molecule has 2 fully saturated rings. The van der Waals surface area contributed by atoms with Crippen molar-refractivity contribution in [1.82, 2.24) is 4.72 Å². The molecule has 0 aromatic heterocycles. The zero-order valence-electron chi connectivity index (χ0n) is 75.3. The molecule has 6 N–H and O–H groups in total. The van der Waals surface area contributed by atoms with Gasteiger partial charge in [0.05, 0.1) is 35.4 Å². The molecule has 1 saturated carbocycles. The van der Waals surface area contributed by atoms with Gasteiger partial charge in [-0.3, -0.25) is 24.4 Å². The highest BCUT2D eigenvalue weighted by Gasteiger charge is 2.31. The zero-order valence-corrected chi connectivity index (χ0v) is 76.1. The molecule has 10 rings (SSSR count). The molecule has 0 spiro atoms. The van der Waals surface area contributed by atoms with Crippen molar-refractivity contribution in [2.45, 2.75) is 199 Å². The van der Waals surface area contributed by atoms with E-state index in [0.29, 0.717) is 82.9 Å². The summed E-state index contributed by atoms with van der Waals surface area (Å²) < 4.78 is 69.5. The molecule has 123 heavy (non-hydrogen) atoms. The number of carbonyl (C=O) groups is 5. The van der Waals surface area contributed by atoms with Crippen LogP contribution in [0.1, 0.15) is 233 Å². The number of nitrogens with one attached hydrogen (secondary N) is 3. The molecule has 2 aliphatic rings. The van der Waals surface area contributed by atoms with Crippen molar-refractivity contribution in [3.63, 3.8) is 0 Å². The van der Waals surface area contributed by atoms with Gasteiger partial charge in [0.15, 0.2) is 12.5 Å². The first-order valence-electron chi connectivity index (χ1n) is 42.5. The second-order valence-corrected chi connectivity index (χ2v) is 35.4. The quantitative estimate of drug-likeness (QED) is 0.00634. The van der Waals surface area contributed by atoms with Gasteiger partial charge in [-0.25, -0.2) is 26.7 Å². The van der Waals surface area contributed by atoms with Gasteiger partial charge < -0.3 is 24.4 Å². The zero-order chi connectivity index (χ0) is 91.7. The fourth-order valence-corrected chi connectivity index (χ4v) is 14.9. The molecule has 23 heteroatoms. The fourth-order valence-electron chi connectivity index (χ4n) is 13.3. The summed E-state index contributed by atoms with van der Waals surface area (Å²) in [6.07, 6.45) is 7.65. The van der Waals surface area contributed by atoms with E-state index < -0.39 is 27.1 Å². The highest BCUT2D eigenvalue weighted by Crippen LogP contribution is 2.34. The second kappa shape index (κ2) is 53.3. The molecule has 1 heterocycles. The number of halogens is 2. The maximum atomic E-state index is 13.2. The Hall–Kier alpha value is -10.8. The Kier molecular flexibility index (Phi) is 45.3. The van der Waals surface area contributed by atoms with E-state index in [1.165, 1.54) is 30.4 Å². The van der Waals surface area contributed by atoms with Gasteiger partial charge in [-0.1, -0.05) is 232 Å². The van der Waals surface area contributed by atoms with Gasteiger partial charge in [-0.05, 0) is 175 Å². The van der Waals surface area contributed by atoms with Gasteiger partial charge in [0, 0.05) is 89.8 Å². The number of carbonyl (C=O) groups excluding carboxylic acids is 5. The molecule has 1 aliphatic carbocycles. The molecule has 20 nitrogen and oxygen atoms in total. The van der Waals surface area contributed by atoms with E-state index in [1.54, 1.807) is 74.5 Å². The topological polar surface area (TPSA) is 290 Å². The number of nitrogens with zero attached hydrogens (tertiary/aromatic N) is 4. The molecule has 1 atom stereocenters. The first-order chi connectivity index (χ1) is 58.1. The van der Waals surface area contributed by atoms with Crippen LogP contribution in [0.25, 0.3) is 0 Å². The number of piperidine rings is 1. The first-order valence-corrected chi connectivity index (χ1v) is 44.2. The Balaban J connectivity index is 0.000000307. The first kappa shape index (κ1) is 105. The highest BCUT2D eigenvalue weighted by atomic mass is 32.2. The fraction of sp³-hybridized carbons (Fsp3) is 0.440. The lowest BCUT2D eigenvalue weighted by Gasteiger charge is -2.33. The minimum absolute atomic E-state index is 0.00927. The molecule has 1 unspecified atom stereocenters. The Morgan fingerprint density at radius 3 is 1.72 bits per heavy atom. The monoisotopic (exact) mass is 1710 g/mol. The number of Topliss-reactive ketones (excluding diaryl/α,β-unsaturated/α-hetero) is 3. The average molecular weight is 1710 g/mol. The minimum atomic E-state index is -3.44. The van der Waals surface area contributed by atoms with Crippen LogP contribution in [-0.4, -0.2) is 110 Å². The molecule has 8 aromatic rings. The van der Waals surface area contributed by atoms with Crippen molar-refractivity contribution in [3.8, 4) is 23.6 Å². The standard InChI is InChI=1S/C25H27NO3.C15H22N2O3.C13H15NO2.C12H13F2N.C12H23NO3S.C12H16NO2.C11H16/c1-19(2)17-20-9-8-10-21(18-20)26-25(27)23-13-6-7-14-24(23)29-16-15-28-22-11-4-3-5-12-22;1-11(2)15(18)12-7-9-16(10-8-12)13-5-3-4-6-14(13)17(19)20;1-9(2)7-10-5-4-6-11(12(10)8-14)13(15)16-3;1-8(2)9-4-5-10(7-15)11(6-9)12(3,13)14;1-9(2)12(14)8-17(15,16)13-11-6-4-10(3)5-7-11;1-9(2)12(14)8-10-6-4-5-7-11(10)13(3)15;1-9(2)10(3)11-7-5-4-6-8-11/h3-14,18-19H,15-17H2,1-2H3,(H,26,27);3-6,11-12,19-20H,7-10H2,1-2H3;4-6,9H,7H2,1-3H3;4-6,8H,1-3H3;9-11,13H,4-8H2,1-3H3;4-7,9,15H,3,8H2,1-2H3;4-10H,1-3H3/q;;;;;+1;/p+1. The minimum Gasteiger partial charge on any atom is -0.490 e. The van der Waals surface area contributed by atoms with E-state index in [-0.39, 0.29) is 70.0 Å². The second-order valence-electron chi connectivity index (χ2n) is 33.6. The molecule has 1 saturated heterocycles. The van der Waals surface area contributed by atoms with Crippen molar-refractivity contribution in [3.05, 3.63) is 250 Å². The number of rotatable bonds is 29. The van der Waals surface area contributed by atoms with Crippen LogP contribution in [0.15, 0.2) is 194 Å². The van der Waals surface area contributed by atoms with Crippen molar-refractivity contribution in [2.24, 2.45) is 47.3 Å². The average Bonchev–Trinajstić information content (AvgIpc) is 0.821. The van der Waals surface area contributed by atoms with Gasteiger partial charge in [-0.15, -0.1) is 0 Å². The number of ketones is 3. The summed E-state index contributed by atoms with van der Waals surface area (Å²) >= 11 is 0. The van der Waals surface area contributed by atoms with Crippen molar-refractivity contribution in [2.75, 3.05) is 49.4 Å². The van der Waals surface area contributed by atoms with Gasteiger partial charge in [-0.2, -0.15) is 20.9 Å². The van der Waals surface area contributed by atoms with Crippen LogP contribution in [0.2, 0.25) is 0 Å². The summed E-state index contributed by atoms with van der Waals surface area (Å²) in [4.78, 5) is 61.4. The third-order valence-corrected chi connectivity index (χ3v) is 22.2. The van der Waals surface area contributed by atoms with Crippen molar-refractivity contribution >= 4 is 68.7 Å². The van der Waals surface area contributed by atoms with E-state index in [4.69, 9.17) is 20.0 Å². The maximum absolute atomic E-state index is 13.2. The van der Waals surface area contributed by atoms with Crippen LogP contribution in [0, 0.1) is 70.0 Å². The predicted molar refractivity (Wildman–Crippen MR) is 485 cm³/mol. The van der Waals surface area contributed by atoms with Crippen LogP contribution < -0.4 is 29.6 Å². The van der Waals surface area contributed by atoms with Gasteiger partial charge in [0.25, 0.3) is 17.5 Å². The largest absolute Gasteiger partial charge is 0.490 e. The summed E-state index contributed by atoms with van der Waals surface area (Å²) in [5.74, 6) is 0.935. The number of para-hydroxylation sites is 5. The summed E-state index contributed by atoms with van der Waals surface area (Å²) in [6.45, 7) is 38.9. The lowest BCUT2D eigenvalue weighted by atomic mass is 9.87. The van der Waals surface area contributed by atoms with E-state index in [0.717, 1.165) is 116 Å². The maximum Gasteiger partial charge on any atom is 0.339 e. The molecule has 1 amide bonds. The van der Waals surface area contributed by atoms with E-state index >= 15 is 0 Å². The third-order valence-electron chi connectivity index (χ3n) is 20.8. The number of amides is 1. The van der Waals surface area contributed by atoms with Gasteiger partial charge in [0.1, 0.15) is 53.8 Å². The summed E-state index contributed by atoms with van der Waals surface area (Å²) in [6, 6.07) is 63.7. The number of hydrogen-bond acceptors (Lipinski definition) is 16. The number of sulfonamides is 1. The number of methoxy groups -OCH3 is 1. The predicted octanol–water partition coefficient (Wildman–Crippen LogP) is 20.7. The molecule has 0 radical (unpaired) electrons. The number of esters is 1. The number of benzene rings is 8. The van der Waals surface area contributed by atoms with Crippen molar-refractivity contribution < 1.29 is 81.0 Å². The van der Waals surface area contributed by atoms with E-state index in [9.17, 15) is 56.8 Å².